The summed E-state index contributed by atoms with van der Waals surface area (Å²) in [6.45, 7) is -0.402. The topological polar surface area (TPSA) is 376 Å². The summed E-state index contributed by atoms with van der Waals surface area (Å²) in [7, 11) is 1.25. The lowest BCUT2D eigenvalue weighted by Crippen LogP contribution is -2.64. The van der Waals surface area contributed by atoms with Crippen LogP contribution in [0.4, 0.5) is 0 Å². The molecule has 344 valence electrons. The number of hydrogen-bond acceptors (Lipinski definition) is 24. The first kappa shape index (κ1) is 46.0. The van der Waals surface area contributed by atoms with Crippen LogP contribution in [0, 0.1) is 0 Å². The van der Waals surface area contributed by atoms with E-state index in [9.17, 15) is 71.2 Å². The zero-order valence-corrected chi connectivity index (χ0v) is 32.7. The summed E-state index contributed by atoms with van der Waals surface area (Å²) in [5.41, 5.74) is -1.42. The van der Waals surface area contributed by atoms with Crippen molar-refractivity contribution in [3.05, 3.63) is 40.6 Å². The van der Waals surface area contributed by atoms with Gasteiger partial charge in [0.05, 0.1) is 33.0 Å². The number of aliphatic hydroxyl groups is 11. The first-order valence-corrected chi connectivity index (χ1v) is 19.2. The van der Waals surface area contributed by atoms with Crippen molar-refractivity contribution in [1.82, 2.24) is 0 Å². The van der Waals surface area contributed by atoms with Gasteiger partial charge in [0.25, 0.3) is 0 Å². The molecule has 7 rings (SSSR count). The van der Waals surface area contributed by atoms with Gasteiger partial charge < -0.3 is 113 Å². The predicted molar refractivity (Wildman–Crippen MR) is 198 cm³/mol. The molecule has 13 N–H and O–H groups in total. The van der Waals surface area contributed by atoms with Crippen LogP contribution < -0.4 is 19.6 Å². The second-order valence-electron chi connectivity index (χ2n) is 15.1. The molecule has 18 unspecified atom stereocenters. The highest BCUT2D eigenvalue weighted by Gasteiger charge is 2.51. The van der Waals surface area contributed by atoms with E-state index < -0.39 is 159 Å². The maximum absolute atomic E-state index is 14.3. The first-order chi connectivity index (χ1) is 29.4. The molecule has 4 saturated heterocycles. The van der Waals surface area contributed by atoms with Gasteiger partial charge in [0.2, 0.25) is 23.8 Å². The van der Waals surface area contributed by atoms with Crippen LogP contribution in [0.15, 0.2) is 39.5 Å². The number of hydrogen-bond donors (Lipinski definition) is 13. The Balaban J connectivity index is 1.18. The highest BCUT2D eigenvalue weighted by atomic mass is 16.7. The predicted octanol–water partition coefficient (Wildman–Crippen LogP) is -4.81. The molecule has 0 radical (unpaired) electrons. The van der Waals surface area contributed by atoms with Gasteiger partial charge in [-0.05, 0) is 25.1 Å². The molecule has 0 saturated carbocycles. The van der Waals surface area contributed by atoms with Crippen molar-refractivity contribution in [2.24, 2.45) is 0 Å². The molecule has 4 aliphatic rings. The minimum atomic E-state index is -1.96. The van der Waals surface area contributed by atoms with E-state index in [4.69, 9.17) is 47.0 Å². The Bertz CT molecular complexity index is 2080. The summed E-state index contributed by atoms with van der Waals surface area (Å²) in [5.74, 6) is -2.59. The molecule has 18 atom stereocenters. The van der Waals surface area contributed by atoms with Crippen molar-refractivity contribution >= 4 is 11.0 Å². The number of phenols is 2. The summed E-state index contributed by atoms with van der Waals surface area (Å²) < 4.78 is 56.0. The number of rotatable bonds is 11. The van der Waals surface area contributed by atoms with E-state index in [-0.39, 0.29) is 28.4 Å². The Morgan fingerprint density at radius 3 is 2.08 bits per heavy atom. The normalized spacial score (nSPS) is 39.0. The lowest BCUT2D eigenvalue weighted by atomic mass is 9.97. The van der Waals surface area contributed by atoms with Crippen molar-refractivity contribution in [1.29, 1.82) is 0 Å². The van der Waals surface area contributed by atoms with Gasteiger partial charge in [0.1, 0.15) is 102 Å². The monoisotopic (exact) mass is 888 g/mol. The molecule has 0 bridgehead atoms. The summed E-state index contributed by atoms with van der Waals surface area (Å²) in [6, 6.07) is 5.76. The van der Waals surface area contributed by atoms with E-state index in [1.807, 2.05) is 0 Å². The highest BCUT2D eigenvalue weighted by molar-refractivity contribution is 5.88. The molecule has 2 aromatic carbocycles. The van der Waals surface area contributed by atoms with Crippen molar-refractivity contribution < 1.29 is 113 Å². The van der Waals surface area contributed by atoms with Crippen molar-refractivity contribution in [3.63, 3.8) is 0 Å². The summed E-state index contributed by atoms with van der Waals surface area (Å²) in [6.07, 6.45) is -29.7. The number of aliphatic hydroxyl groups excluding tert-OH is 11. The Hall–Kier alpha value is -4.03. The lowest BCUT2D eigenvalue weighted by molar-refractivity contribution is -0.349. The lowest BCUT2D eigenvalue weighted by Gasteiger charge is -2.45. The molecule has 4 fully saturated rings. The van der Waals surface area contributed by atoms with Crippen LogP contribution in [0.1, 0.15) is 6.92 Å². The third-order valence-corrected chi connectivity index (χ3v) is 11.0. The fraction of sp³-hybridized carbons (Fsp3) is 0.605. The third kappa shape index (κ3) is 8.76. The quantitative estimate of drug-likeness (QED) is 0.0859. The molecule has 0 amide bonds. The molecule has 24 heteroatoms. The maximum atomic E-state index is 14.3. The fourth-order valence-corrected chi connectivity index (χ4v) is 7.35. The minimum absolute atomic E-state index is 0.0283. The van der Waals surface area contributed by atoms with E-state index in [2.05, 4.69) is 0 Å². The second kappa shape index (κ2) is 18.6. The van der Waals surface area contributed by atoms with Crippen LogP contribution in [0.25, 0.3) is 22.3 Å². The number of benzene rings is 2. The van der Waals surface area contributed by atoms with E-state index in [0.29, 0.717) is 0 Å². The number of aromatic hydroxyl groups is 2. The fourth-order valence-electron chi connectivity index (χ4n) is 7.35. The molecule has 1 aromatic heterocycles. The molecular formula is C38H48O24. The number of ether oxygens (including phenoxy) is 9. The van der Waals surface area contributed by atoms with E-state index in [1.165, 1.54) is 32.2 Å². The van der Waals surface area contributed by atoms with Gasteiger partial charge >= 0.3 is 0 Å². The van der Waals surface area contributed by atoms with Gasteiger partial charge in [0, 0.05) is 17.7 Å². The maximum Gasteiger partial charge on any atom is 0.239 e. The Morgan fingerprint density at radius 1 is 0.677 bits per heavy atom. The van der Waals surface area contributed by atoms with Crippen LogP contribution in [0.5, 0.6) is 28.7 Å². The van der Waals surface area contributed by atoms with Crippen LogP contribution in [-0.4, -0.2) is 204 Å². The molecule has 24 nitrogen and oxygen atoms in total. The molecule has 0 spiro atoms. The minimum Gasteiger partial charge on any atom is -0.507 e. The molecule has 0 aliphatic carbocycles. The van der Waals surface area contributed by atoms with Gasteiger partial charge in [0.15, 0.2) is 29.8 Å². The van der Waals surface area contributed by atoms with E-state index in [1.54, 1.807) is 0 Å². The van der Waals surface area contributed by atoms with Crippen LogP contribution >= 0.6 is 0 Å². The van der Waals surface area contributed by atoms with Crippen LogP contribution in [-0.2, 0) is 28.4 Å². The average molecular weight is 889 g/mol. The number of phenolic OH excluding ortho intramolecular Hbond substituents is 2. The third-order valence-electron chi connectivity index (χ3n) is 11.0. The molecule has 3 aromatic rings. The standard InChI is InChI=1S/C38H48O24/c1-11-22(43)27(48)30(51)37(56-11)61-33-25(46)19(8-39)59-38(31(33)52)57-13-6-15(41)21-18(7-13)58-32(12-3-4-14(40)17(5-12)53-2)34(26(21)47)62-36-29(50)24(45)20(10-55-36)60-35-28(49)23(44)16(42)9-54-35/h3-7,11,16,19-20,22-25,27-31,33,35-46,48-52H,8-10H2,1-2H3. The summed E-state index contributed by atoms with van der Waals surface area (Å²) in [5, 5.41) is 136. The summed E-state index contributed by atoms with van der Waals surface area (Å²) in [4.78, 5) is 14.3. The van der Waals surface area contributed by atoms with Gasteiger partial charge in [-0.3, -0.25) is 4.79 Å². The highest BCUT2D eigenvalue weighted by Crippen LogP contribution is 2.41. The largest absolute Gasteiger partial charge is 0.507 e. The molecular weight excluding hydrogens is 840 g/mol. The molecule has 5 heterocycles. The zero-order valence-electron chi connectivity index (χ0n) is 32.7. The Morgan fingerprint density at radius 2 is 1.37 bits per heavy atom. The van der Waals surface area contributed by atoms with E-state index in [0.717, 1.165) is 12.1 Å². The zero-order chi connectivity index (χ0) is 44.9. The van der Waals surface area contributed by atoms with Gasteiger partial charge in [-0.2, -0.15) is 0 Å². The number of methoxy groups -OCH3 is 1. The molecule has 62 heavy (non-hydrogen) atoms. The average Bonchev–Trinajstić information content (AvgIpc) is 3.24. The first-order valence-electron chi connectivity index (χ1n) is 19.2. The van der Waals surface area contributed by atoms with Gasteiger partial charge in [-0.1, -0.05) is 0 Å². The number of fused-ring (bicyclic) bond motifs is 1. The molecule has 4 aliphatic heterocycles. The van der Waals surface area contributed by atoms with Crippen LogP contribution in [0.2, 0.25) is 0 Å². The Labute approximate surface area is 349 Å². The van der Waals surface area contributed by atoms with Gasteiger partial charge in [-0.15, -0.1) is 0 Å². The smallest absolute Gasteiger partial charge is 0.239 e. The Kier molecular flexibility index (Phi) is 13.8. The van der Waals surface area contributed by atoms with E-state index >= 15 is 0 Å². The van der Waals surface area contributed by atoms with Crippen molar-refractivity contribution in [2.45, 2.75) is 118 Å². The van der Waals surface area contributed by atoms with Crippen molar-refractivity contribution in [3.8, 4) is 40.1 Å². The van der Waals surface area contributed by atoms with Gasteiger partial charge in [-0.25, -0.2) is 0 Å². The summed E-state index contributed by atoms with van der Waals surface area (Å²) >= 11 is 0. The SMILES string of the molecule is COc1cc(-c2oc3cc(OC4OC(CO)C(O)C(OC5OC(C)C(O)C(O)C5O)C4O)cc(O)c3c(=O)c2OC2OCC(OC3OCC(O)C(O)C3O)C(O)C2O)ccc1O. The van der Waals surface area contributed by atoms with Crippen molar-refractivity contribution in [2.75, 3.05) is 26.9 Å². The second-order valence-corrected chi connectivity index (χ2v) is 15.1. The van der Waals surface area contributed by atoms with Crippen LogP contribution in [0.3, 0.4) is 0 Å².